The number of piperidine rings is 1. The summed E-state index contributed by atoms with van der Waals surface area (Å²) >= 11 is 0. The Morgan fingerprint density at radius 1 is 1.40 bits per heavy atom. The zero-order chi connectivity index (χ0) is 14.2. The van der Waals surface area contributed by atoms with Gasteiger partial charge in [0.2, 0.25) is 0 Å². The number of hydrogen-bond acceptors (Lipinski definition) is 3. The van der Waals surface area contributed by atoms with Crippen LogP contribution in [0.25, 0.3) is 0 Å². The number of benzene rings is 1. The summed E-state index contributed by atoms with van der Waals surface area (Å²) in [5.74, 6) is 1.79. The molecule has 0 amide bonds. The van der Waals surface area contributed by atoms with E-state index in [0.717, 1.165) is 37.8 Å². The molecule has 1 aliphatic rings. The maximum atomic E-state index is 5.67. The van der Waals surface area contributed by atoms with Gasteiger partial charge in [0.15, 0.2) is 0 Å². The fraction of sp³-hybridized carbons (Fsp3) is 0.647. The van der Waals surface area contributed by atoms with E-state index in [1.807, 2.05) is 6.07 Å². The maximum absolute atomic E-state index is 5.67. The summed E-state index contributed by atoms with van der Waals surface area (Å²) in [6.07, 6.45) is 3.75. The third kappa shape index (κ3) is 5.14. The predicted molar refractivity (Wildman–Crippen MR) is 84.2 cm³/mol. The van der Waals surface area contributed by atoms with Crippen molar-refractivity contribution in [2.75, 3.05) is 33.3 Å². The predicted octanol–water partition coefficient (Wildman–Crippen LogP) is 2.91. The number of nitrogens with one attached hydrogen (secondary N) is 1. The van der Waals surface area contributed by atoms with Gasteiger partial charge in [0.25, 0.3) is 0 Å². The van der Waals surface area contributed by atoms with E-state index in [1.54, 1.807) is 0 Å². The Morgan fingerprint density at radius 3 is 3.10 bits per heavy atom. The van der Waals surface area contributed by atoms with Gasteiger partial charge in [0.05, 0.1) is 6.61 Å². The van der Waals surface area contributed by atoms with Gasteiger partial charge in [-0.25, -0.2) is 0 Å². The van der Waals surface area contributed by atoms with E-state index >= 15 is 0 Å². The number of nitrogens with zero attached hydrogens (tertiary/aromatic N) is 1. The first-order valence-corrected chi connectivity index (χ1v) is 7.89. The van der Waals surface area contributed by atoms with Crippen LogP contribution in [0.5, 0.6) is 5.75 Å². The van der Waals surface area contributed by atoms with Crippen LogP contribution in [-0.2, 0) is 6.54 Å². The number of likely N-dealkylation sites (tertiary alicyclic amines) is 1. The van der Waals surface area contributed by atoms with Crippen molar-refractivity contribution in [3.05, 3.63) is 29.8 Å². The quantitative estimate of drug-likeness (QED) is 0.829. The SMILES string of the molecule is CCCOc1cccc(CNCC2CCCN(C)C2)c1. The molecule has 3 nitrogen and oxygen atoms in total. The van der Waals surface area contributed by atoms with Crippen molar-refractivity contribution in [3.8, 4) is 5.75 Å². The molecule has 1 aromatic rings. The van der Waals surface area contributed by atoms with E-state index in [-0.39, 0.29) is 0 Å². The van der Waals surface area contributed by atoms with Crippen molar-refractivity contribution in [2.45, 2.75) is 32.7 Å². The van der Waals surface area contributed by atoms with Crippen LogP contribution >= 0.6 is 0 Å². The Balaban J connectivity index is 1.73. The van der Waals surface area contributed by atoms with E-state index in [9.17, 15) is 0 Å². The molecule has 0 bridgehead atoms. The Kier molecular flexibility index (Phi) is 6.34. The molecule has 1 saturated heterocycles. The molecule has 1 aliphatic heterocycles. The van der Waals surface area contributed by atoms with E-state index in [4.69, 9.17) is 4.74 Å². The van der Waals surface area contributed by atoms with Gasteiger partial charge in [0, 0.05) is 13.1 Å². The standard InChI is InChI=1S/C17H28N2O/c1-3-10-20-17-8-4-6-15(11-17)12-18-13-16-7-5-9-19(2)14-16/h4,6,8,11,16,18H,3,5,7,9-10,12-14H2,1-2H3. The molecule has 1 unspecified atom stereocenters. The first-order valence-electron chi connectivity index (χ1n) is 7.89. The summed E-state index contributed by atoms with van der Waals surface area (Å²) in [7, 11) is 2.22. The highest BCUT2D eigenvalue weighted by molar-refractivity contribution is 5.28. The molecule has 20 heavy (non-hydrogen) atoms. The molecule has 0 spiro atoms. The molecule has 0 saturated carbocycles. The van der Waals surface area contributed by atoms with Crippen molar-refractivity contribution in [2.24, 2.45) is 5.92 Å². The molecule has 0 aliphatic carbocycles. The van der Waals surface area contributed by atoms with E-state index in [1.165, 1.54) is 31.5 Å². The van der Waals surface area contributed by atoms with Gasteiger partial charge >= 0.3 is 0 Å². The Labute approximate surface area is 123 Å². The van der Waals surface area contributed by atoms with Gasteiger partial charge in [-0.2, -0.15) is 0 Å². The Bertz CT molecular complexity index is 394. The first-order chi connectivity index (χ1) is 9.78. The van der Waals surface area contributed by atoms with Gasteiger partial charge < -0.3 is 15.0 Å². The molecule has 1 N–H and O–H groups in total. The average molecular weight is 276 g/mol. The minimum atomic E-state index is 0.797. The van der Waals surface area contributed by atoms with Gasteiger partial charge in [-0.3, -0.25) is 0 Å². The normalized spacial score (nSPS) is 20.0. The van der Waals surface area contributed by atoms with Gasteiger partial charge in [-0.15, -0.1) is 0 Å². The van der Waals surface area contributed by atoms with Crippen LogP contribution in [0.15, 0.2) is 24.3 Å². The molecule has 1 atom stereocenters. The third-order valence-electron chi connectivity index (χ3n) is 3.86. The second-order valence-corrected chi connectivity index (χ2v) is 5.90. The molecule has 2 rings (SSSR count). The second-order valence-electron chi connectivity index (χ2n) is 5.90. The van der Waals surface area contributed by atoms with Crippen LogP contribution in [0.4, 0.5) is 0 Å². The Morgan fingerprint density at radius 2 is 2.30 bits per heavy atom. The lowest BCUT2D eigenvalue weighted by Crippen LogP contribution is -2.37. The van der Waals surface area contributed by atoms with Crippen LogP contribution in [0.2, 0.25) is 0 Å². The molecule has 1 heterocycles. The van der Waals surface area contributed by atoms with Crippen molar-refractivity contribution < 1.29 is 4.74 Å². The molecular formula is C17H28N2O. The van der Waals surface area contributed by atoms with Crippen molar-refractivity contribution in [1.29, 1.82) is 0 Å². The smallest absolute Gasteiger partial charge is 0.119 e. The lowest BCUT2D eigenvalue weighted by Gasteiger charge is -2.29. The second kappa shape index (κ2) is 8.28. The first kappa shape index (κ1) is 15.3. The van der Waals surface area contributed by atoms with E-state index in [0.29, 0.717) is 0 Å². The van der Waals surface area contributed by atoms with Gasteiger partial charge in [-0.1, -0.05) is 19.1 Å². The van der Waals surface area contributed by atoms with E-state index in [2.05, 4.69) is 42.4 Å². The summed E-state index contributed by atoms with van der Waals surface area (Å²) in [6, 6.07) is 8.43. The molecule has 1 aromatic carbocycles. The molecule has 112 valence electrons. The van der Waals surface area contributed by atoms with Crippen LogP contribution < -0.4 is 10.1 Å². The number of hydrogen-bond donors (Lipinski definition) is 1. The Hall–Kier alpha value is -1.06. The highest BCUT2D eigenvalue weighted by atomic mass is 16.5. The fourth-order valence-electron chi connectivity index (χ4n) is 2.83. The third-order valence-corrected chi connectivity index (χ3v) is 3.86. The zero-order valence-electron chi connectivity index (χ0n) is 12.9. The maximum Gasteiger partial charge on any atom is 0.119 e. The minimum absolute atomic E-state index is 0.797. The molecule has 0 radical (unpaired) electrons. The summed E-state index contributed by atoms with van der Waals surface area (Å²) in [4.78, 5) is 2.44. The summed E-state index contributed by atoms with van der Waals surface area (Å²) in [5, 5.41) is 3.59. The zero-order valence-corrected chi connectivity index (χ0v) is 12.9. The lowest BCUT2D eigenvalue weighted by atomic mass is 9.98. The monoisotopic (exact) mass is 276 g/mol. The minimum Gasteiger partial charge on any atom is -0.494 e. The topological polar surface area (TPSA) is 24.5 Å². The van der Waals surface area contributed by atoms with Crippen LogP contribution in [-0.4, -0.2) is 38.2 Å². The van der Waals surface area contributed by atoms with Crippen LogP contribution in [0.3, 0.4) is 0 Å². The summed E-state index contributed by atoms with van der Waals surface area (Å²) < 4.78 is 5.67. The van der Waals surface area contributed by atoms with E-state index < -0.39 is 0 Å². The van der Waals surface area contributed by atoms with Gasteiger partial charge in [0.1, 0.15) is 5.75 Å². The highest BCUT2D eigenvalue weighted by Gasteiger charge is 2.16. The van der Waals surface area contributed by atoms with Crippen LogP contribution in [0, 0.1) is 5.92 Å². The molecular weight excluding hydrogens is 248 g/mol. The van der Waals surface area contributed by atoms with Crippen molar-refractivity contribution >= 4 is 0 Å². The molecule has 3 heteroatoms. The van der Waals surface area contributed by atoms with Crippen molar-refractivity contribution in [3.63, 3.8) is 0 Å². The van der Waals surface area contributed by atoms with Gasteiger partial charge in [-0.05, 0) is 63.0 Å². The number of ether oxygens (including phenoxy) is 1. The largest absolute Gasteiger partial charge is 0.494 e. The molecule has 1 fully saturated rings. The summed E-state index contributed by atoms with van der Waals surface area (Å²) in [5.41, 5.74) is 1.31. The molecule has 0 aromatic heterocycles. The number of rotatable bonds is 7. The van der Waals surface area contributed by atoms with Crippen LogP contribution in [0.1, 0.15) is 31.7 Å². The van der Waals surface area contributed by atoms with Crippen molar-refractivity contribution in [1.82, 2.24) is 10.2 Å². The fourth-order valence-corrected chi connectivity index (χ4v) is 2.83. The highest BCUT2D eigenvalue weighted by Crippen LogP contribution is 2.15. The summed E-state index contributed by atoms with van der Waals surface area (Å²) in [6.45, 7) is 7.46. The lowest BCUT2D eigenvalue weighted by molar-refractivity contribution is 0.206. The average Bonchev–Trinajstić information content (AvgIpc) is 2.46.